The minimum atomic E-state index is -3.36. The van der Waals surface area contributed by atoms with Crippen LogP contribution in [0.25, 0.3) is 11.3 Å². The minimum absolute atomic E-state index is 0.135. The summed E-state index contributed by atoms with van der Waals surface area (Å²) in [6, 6.07) is 11.7. The molecule has 13 heteroatoms. The maximum Gasteiger partial charge on any atom is 0.240 e. The maximum absolute atomic E-state index is 13.0. The van der Waals surface area contributed by atoms with Crippen molar-refractivity contribution in [2.75, 3.05) is 72.0 Å². The van der Waals surface area contributed by atoms with Crippen LogP contribution in [0.1, 0.15) is 39.9 Å². The van der Waals surface area contributed by atoms with Gasteiger partial charge in [-0.15, -0.1) is 0 Å². The molecule has 1 N–H and O–H groups in total. The molecule has 4 aliphatic heterocycles. The number of nitrogens with zero attached hydrogens (tertiary/aromatic N) is 5. The van der Waals surface area contributed by atoms with Crippen LogP contribution in [-0.4, -0.2) is 116 Å². The predicted molar refractivity (Wildman–Crippen MR) is 188 cm³/mol. The molecule has 1 atom stereocenters. The molecule has 0 spiro atoms. The van der Waals surface area contributed by atoms with Gasteiger partial charge < -0.3 is 19.7 Å². The fourth-order valence-corrected chi connectivity index (χ4v) is 8.07. The van der Waals surface area contributed by atoms with Gasteiger partial charge in [-0.05, 0) is 48.2 Å². The number of fused-ring (bicyclic) bond motifs is 2. The molecule has 0 unspecified atom stereocenters. The second-order valence-electron chi connectivity index (χ2n) is 13.2. The summed E-state index contributed by atoms with van der Waals surface area (Å²) in [4.78, 5) is 17.3. The molecule has 0 aliphatic carbocycles. The van der Waals surface area contributed by atoms with E-state index in [9.17, 15) is 13.2 Å². The highest BCUT2D eigenvalue weighted by Crippen LogP contribution is 2.33. The second kappa shape index (κ2) is 14.9. The van der Waals surface area contributed by atoms with Crippen LogP contribution in [0, 0.1) is 11.8 Å². The molecule has 1 aromatic heterocycles. The summed E-state index contributed by atoms with van der Waals surface area (Å²) in [5, 5.41) is 9.02. The van der Waals surface area contributed by atoms with Gasteiger partial charge in [-0.2, -0.15) is 9.40 Å². The molecular formula is C36H43ClN6O5S. The van der Waals surface area contributed by atoms with Gasteiger partial charge in [-0.3, -0.25) is 14.4 Å². The van der Waals surface area contributed by atoms with E-state index in [1.54, 1.807) is 0 Å². The number of nitrogens with one attached hydrogen (secondary N) is 1. The Morgan fingerprint density at radius 2 is 1.76 bits per heavy atom. The molecule has 0 radical (unpaired) electrons. The second-order valence-corrected chi connectivity index (χ2v) is 15.5. The lowest BCUT2D eigenvalue weighted by Gasteiger charge is -2.33. The number of rotatable bonds is 7. The highest BCUT2D eigenvalue weighted by atomic mass is 35.5. The predicted octanol–water partition coefficient (Wildman–Crippen LogP) is 2.52. The number of sulfonamides is 1. The summed E-state index contributed by atoms with van der Waals surface area (Å²) < 4.78 is 39.6. The average molecular weight is 707 g/mol. The molecule has 260 valence electrons. The summed E-state index contributed by atoms with van der Waals surface area (Å²) in [6.07, 6.45) is 3.47. The van der Waals surface area contributed by atoms with Crippen molar-refractivity contribution < 1.29 is 22.7 Å². The fraction of sp³-hybridized carbons (Fsp3) is 0.500. The van der Waals surface area contributed by atoms with Crippen molar-refractivity contribution >= 4 is 27.5 Å². The van der Waals surface area contributed by atoms with E-state index in [1.807, 2.05) is 29.2 Å². The normalized spacial score (nSPS) is 20.3. The fourth-order valence-electron chi connectivity index (χ4n) is 7.11. The molecule has 0 saturated carbocycles. The van der Waals surface area contributed by atoms with Crippen molar-refractivity contribution in [3.8, 4) is 23.1 Å². The number of benzene rings is 2. The quantitative estimate of drug-likeness (QED) is 0.374. The number of carbonyl (C=O) groups is 1. The topological polar surface area (TPSA) is 109 Å². The van der Waals surface area contributed by atoms with Crippen LogP contribution in [0.3, 0.4) is 0 Å². The van der Waals surface area contributed by atoms with E-state index in [0.29, 0.717) is 69.4 Å². The summed E-state index contributed by atoms with van der Waals surface area (Å²) in [5.74, 6) is 6.70. The number of halogens is 1. The molecule has 2 saturated heterocycles. The van der Waals surface area contributed by atoms with Crippen molar-refractivity contribution in [2.45, 2.75) is 44.9 Å². The minimum Gasteiger partial charge on any atom is -0.379 e. The van der Waals surface area contributed by atoms with Gasteiger partial charge in [0.15, 0.2) is 0 Å². The average Bonchev–Trinajstić information content (AvgIpc) is 3.49. The number of aryl methyl sites for hydroxylation is 1. The van der Waals surface area contributed by atoms with E-state index in [0.717, 1.165) is 85.0 Å². The Balaban J connectivity index is 1.10. The van der Waals surface area contributed by atoms with Crippen molar-refractivity contribution in [3.63, 3.8) is 0 Å². The summed E-state index contributed by atoms with van der Waals surface area (Å²) in [6.45, 7) is 8.95. The third-order valence-corrected chi connectivity index (χ3v) is 11.5. The van der Waals surface area contributed by atoms with Crippen LogP contribution in [0.2, 0.25) is 5.02 Å². The largest absolute Gasteiger partial charge is 0.379 e. The van der Waals surface area contributed by atoms with E-state index in [-0.39, 0.29) is 11.9 Å². The van der Waals surface area contributed by atoms with E-state index >= 15 is 0 Å². The van der Waals surface area contributed by atoms with Crippen LogP contribution in [-0.2, 0) is 56.8 Å². The Morgan fingerprint density at radius 1 is 0.980 bits per heavy atom. The lowest BCUT2D eigenvalue weighted by atomic mass is 9.93. The van der Waals surface area contributed by atoms with Crippen LogP contribution in [0.4, 0.5) is 0 Å². The molecule has 1 amide bonds. The van der Waals surface area contributed by atoms with Crippen LogP contribution in [0.15, 0.2) is 36.4 Å². The monoisotopic (exact) mass is 706 g/mol. The maximum atomic E-state index is 13.0. The zero-order chi connectivity index (χ0) is 34.0. The first-order valence-corrected chi connectivity index (χ1v) is 19.3. The first-order chi connectivity index (χ1) is 23.7. The van der Waals surface area contributed by atoms with E-state index in [4.69, 9.17) is 26.2 Å². The number of morpholine rings is 2. The third-order valence-electron chi connectivity index (χ3n) is 9.89. The van der Waals surface area contributed by atoms with Crippen LogP contribution in [0.5, 0.6) is 0 Å². The lowest BCUT2D eigenvalue weighted by Crippen LogP contribution is -2.52. The van der Waals surface area contributed by atoms with Gasteiger partial charge in [0.2, 0.25) is 15.9 Å². The molecular weight excluding hydrogens is 664 g/mol. The first-order valence-electron chi connectivity index (χ1n) is 17.1. The third kappa shape index (κ3) is 7.89. The zero-order valence-electron chi connectivity index (χ0n) is 27.9. The number of carbonyl (C=O) groups excluding carboxylic acids is 1. The van der Waals surface area contributed by atoms with Crippen LogP contribution < -0.4 is 5.32 Å². The number of hydrogen-bond acceptors (Lipinski definition) is 8. The van der Waals surface area contributed by atoms with Gasteiger partial charge in [0, 0.05) is 93.3 Å². The SMILES string of the molecule is CS(=O)(=O)N1CCc2c(c(-c3ccc(Cl)c(C#Cc4ccc5c(c4)CN[C@@H](C(=O)N4CCOCC4)C5)c3)nn2CCCN2CCOCC2)C1. The van der Waals surface area contributed by atoms with Crippen molar-refractivity contribution in [1.82, 2.24) is 29.2 Å². The molecule has 2 aromatic carbocycles. The number of ether oxygens (including phenoxy) is 2. The van der Waals surface area contributed by atoms with Crippen molar-refractivity contribution in [3.05, 3.63) is 74.9 Å². The van der Waals surface area contributed by atoms with E-state index in [2.05, 4.69) is 38.9 Å². The highest BCUT2D eigenvalue weighted by molar-refractivity contribution is 7.88. The van der Waals surface area contributed by atoms with Gasteiger partial charge in [-0.1, -0.05) is 35.6 Å². The zero-order valence-corrected chi connectivity index (χ0v) is 29.5. The van der Waals surface area contributed by atoms with E-state index in [1.165, 1.54) is 10.6 Å². The van der Waals surface area contributed by atoms with Gasteiger partial charge >= 0.3 is 0 Å². The molecule has 5 heterocycles. The smallest absolute Gasteiger partial charge is 0.240 e. The molecule has 11 nitrogen and oxygen atoms in total. The number of aromatic nitrogens is 2. The number of hydrogen-bond donors (Lipinski definition) is 1. The Morgan fingerprint density at radius 3 is 2.53 bits per heavy atom. The van der Waals surface area contributed by atoms with Gasteiger partial charge in [0.05, 0.1) is 49.4 Å². The molecule has 2 fully saturated rings. The molecule has 7 rings (SSSR count). The molecule has 3 aromatic rings. The Labute approximate surface area is 293 Å². The highest BCUT2D eigenvalue weighted by Gasteiger charge is 2.31. The molecule has 49 heavy (non-hydrogen) atoms. The van der Waals surface area contributed by atoms with Gasteiger partial charge in [-0.25, -0.2) is 8.42 Å². The summed E-state index contributed by atoms with van der Waals surface area (Å²) in [7, 11) is -3.36. The van der Waals surface area contributed by atoms with Crippen molar-refractivity contribution in [1.29, 1.82) is 0 Å². The molecule has 0 bridgehead atoms. The molecule has 4 aliphatic rings. The van der Waals surface area contributed by atoms with E-state index < -0.39 is 10.0 Å². The standard InChI is InChI=1S/C36H43ClN6O5S/c1-49(45,46)42-12-9-34-31(25-42)35(39-43(34)11-2-10-40-13-17-47-18-14-40)29-7-8-32(37)28(22-29)6-4-26-3-5-27-23-33(38-24-30(27)21-26)36(44)41-15-19-48-20-16-41/h3,5,7-8,21-22,33,38H,2,9-20,23-25H2,1H3/t33-/m1/s1. The Hall–Kier alpha value is -3.28. The first kappa shape index (κ1) is 34.2. The van der Waals surface area contributed by atoms with Crippen molar-refractivity contribution in [2.24, 2.45) is 0 Å². The summed E-state index contributed by atoms with van der Waals surface area (Å²) in [5.41, 5.74) is 7.51. The van der Waals surface area contributed by atoms with Gasteiger partial charge in [0.25, 0.3) is 0 Å². The summed E-state index contributed by atoms with van der Waals surface area (Å²) >= 11 is 6.67. The van der Waals surface area contributed by atoms with Gasteiger partial charge in [0.1, 0.15) is 0 Å². The Bertz CT molecular complexity index is 1870. The van der Waals surface area contributed by atoms with Crippen LogP contribution >= 0.6 is 11.6 Å². The number of amides is 1. The lowest BCUT2D eigenvalue weighted by molar-refractivity contribution is -0.137. The Kier molecular flexibility index (Phi) is 10.4.